The number of hydrogen-bond acceptors (Lipinski definition) is 5. The van der Waals surface area contributed by atoms with E-state index in [1.165, 1.54) is 6.07 Å². The number of carbonyl (C=O) groups is 4. The number of hydrogen-bond donors (Lipinski definition) is 1. The minimum Gasteiger partial charge on any atom is -0.495 e. The highest BCUT2D eigenvalue weighted by Crippen LogP contribution is 2.31. The van der Waals surface area contributed by atoms with E-state index in [2.05, 4.69) is 5.32 Å². The number of benzene rings is 2. The fraction of sp³-hybridized carbons (Fsp3) is 0.273. The van der Waals surface area contributed by atoms with Crippen LogP contribution >= 0.6 is 0 Å². The third kappa shape index (κ3) is 3.63. The first-order valence-electron chi connectivity index (χ1n) is 9.68. The van der Waals surface area contributed by atoms with Gasteiger partial charge in [0.05, 0.1) is 24.5 Å². The maximum Gasteiger partial charge on any atom is 0.251 e. The molecule has 2 aromatic rings. The maximum absolute atomic E-state index is 12.7. The number of methoxy groups -OCH3 is 1. The zero-order chi connectivity index (χ0) is 21.3. The minimum atomic E-state index is -0.367. The highest BCUT2D eigenvalue weighted by molar-refractivity contribution is 6.20. The average Bonchev–Trinajstić information content (AvgIpc) is 3.28. The Morgan fingerprint density at radius 1 is 1.00 bits per heavy atom. The molecule has 2 aromatic carbocycles. The van der Waals surface area contributed by atoms with Gasteiger partial charge in [0, 0.05) is 31.4 Å². The maximum atomic E-state index is 12.7. The molecule has 1 atom stereocenters. The highest BCUT2D eigenvalue weighted by Gasteiger charge is 2.34. The summed E-state index contributed by atoms with van der Waals surface area (Å²) < 4.78 is 5.33. The van der Waals surface area contributed by atoms with Crippen molar-refractivity contribution in [3.05, 3.63) is 54.1 Å². The van der Waals surface area contributed by atoms with Crippen molar-refractivity contribution in [2.45, 2.75) is 25.3 Å². The Bertz CT molecular complexity index is 1020. The fourth-order valence-corrected chi connectivity index (χ4v) is 3.81. The number of anilines is 2. The Hall–Kier alpha value is -3.68. The second kappa shape index (κ2) is 7.98. The van der Waals surface area contributed by atoms with Crippen molar-refractivity contribution in [3.63, 3.8) is 0 Å². The second-order valence-electron chi connectivity index (χ2n) is 7.22. The average molecular weight is 407 g/mol. The quantitative estimate of drug-likeness (QED) is 0.764. The van der Waals surface area contributed by atoms with Crippen LogP contribution in [0.5, 0.6) is 5.75 Å². The lowest BCUT2D eigenvalue weighted by Gasteiger charge is -2.20. The number of amides is 4. The van der Waals surface area contributed by atoms with Gasteiger partial charge in [-0.05, 0) is 30.3 Å². The van der Waals surface area contributed by atoms with Crippen LogP contribution in [0.15, 0.2) is 48.5 Å². The van der Waals surface area contributed by atoms with E-state index in [0.29, 0.717) is 29.2 Å². The normalized spacial score (nSPS) is 18.8. The molecule has 30 heavy (non-hydrogen) atoms. The Morgan fingerprint density at radius 3 is 2.47 bits per heavy atom. The van der Waals surface area contributed by atoms with E-state index in [4.69, 9.17) is 4.74 Å². The molecule has 0 unspecified atom stereocenters. The molecular formula is C22H21N3O5. The predicted octanol–water partition coefficient (Wildman–Crippen LogP) is 1.88. The Morgan fingerprint density at radius 2 is 1.73 bits per heavy atom. The first-order chi connectivity index (χ1) is 14.5. The summed E-state index contributed by atoms with van der Waals surface area (Å²) in [5, 5.41) is 2.87. The third-order valence-corrected chi connectivity index (χ3v) is 5.25. The molecule has 0 radical (unpaired) electrons. The summed E-state index contributed by atoms with van der Waals surface area (Å²) >= 11 is 0. The van der Waals surface area contributed by atoms with Crippen LogP contribution in [0.4, 0.5) is 11.4 Å². The van der Waals surface area contributed by atoms with E-state index in [9.17, 15) is 19.2 Å². The van der Waals surface area contributed by atoms with Crippen molar-refractivity contribution in [1.82, 2.24) is 5.32 Å². The lowest BCUT2D eigenvalue weighted by molar-refractivity contribution is -0.121. The molecule has 2 heterocycles. The van der Waals surface area contributed by atoms with Gasteiger partial charge in [0.2, 0.25) is 17.7 Å². The predicted molar refractivity (Wildman–Crippen MR) is 109 cm³/mol. The number of para-hydroxylation sites is 2. The van der Waals surface area contributed by atoms with Crippen molar-refractivity contribution in [1.29, 1.82) is 0 Å². The van der Waals surface area contributed by atoms with Gasteiger partial charge in [-0.1, -0.05) is 18.2 Å². The molecule has 2 aliphatic heterocycles. The van der Waals surface area contributed by atoms with Crippen LogP contribution < -0.4 is 19.9 Å². The number of nitrogens with zero attached hydrogens (tertiary/aromatic N) is 2. The molecule has 1 N–H and O–H groups in total. The first-order valence-corrected chi connectivity index (χ1v) is 9.68. The van der Waals surface area contributed by atoms with Crippen LogP contribution in [-0.2, 0) is 14.4 Å². The van der Waals surface area contributed by atoms with Crippen LogP contribution in [0.2, 0.25) is 0 Å². The molecule has 0 aromatic heterocycles. The van der Waals surface area contributed by atoms with Crippen LogP contribution in [0, 0.1) is 0 Å². The monoisotopic (exact) mass is 407 g/mol. The van der Waals surface area contributed by atoms with E-state index in [1.807, 2.05) is 12.1 Å². The van der Waals surface area contributed by atoms with Gasteiger partial charge in [0.1, 0.15) is 5.75 Å². The van der Waals surface area contributed by atoms with Gasteiger partial charge in [0.15, 0.2) is 0 Å². The van der Waals surface area contributed by atoms with E-state index in [-0.39, 0.29) is 48.9 Å². The molecule has 0 bridgehead atoms. The number of nitrogens with one attached hydrogen (secondary N) is 1. The van der Waals surface area contributed by atoms with Crippen LogP contribution in [0.25, 0.3) is 0 Å². The third-order valence-electron chi connectivity index (χ3n) is 5.25. The van der Waals surface area contributed by atoms with E-state index in [0.717, 1.165) is 4.90 Å². The summed E-state index contributed by atoms with van der Waals surface area (Å²) in [6.45, 7) is 0.327. The van der Waals surface area contributed by atoms with Gasteiger partial charge in [-0.25, -0.2) is 0 Å². The number of carbonyl (C=O) groups excluding carboxylic acids is 4. The van der Waals surface area contributed by atoms with Gasteiger partial charge < -0.3 is 15.0 Å². The molecule has 2 saturated heterocycles. The van der Waals surface area contributed by atoms with Crippen LogP contribution in [-0.4, -0.2) is 43.3 Å². The zero-order valence-electron chi connectivity index (χ0n) is 16.5. The van der Waals surface area contributed by atoms with Crippen LogP contribution in [0.1, 0.15) is 29.6 Å². The summed E-state index contributed by atoms with van der Waals surface area (Å²) in [5.74, 6) is -0.425. The second-order valence-corrected chi connectivity index (χ2v) is 7.22. The van der Waals surface area contributed by atoms with Gasteiger partial charge in [-0.15, -0.1) is 0 Å². The molecule has 0 saturated carbocycles. The summed E-state index contributed by atoms with van der Waals surface area (Å²) in [5.41, 5.74) is 1.37. The van der Waals surface area contributed by atoms with Crippen molar-refractivity contribution < 1.29 is 23.9 Å². The number of rotatable bonds is 5. The Labute approximate surface area is 173 Å². The lowest BCUT2D eigenvalue weighted by Crippen LogP contribution is -2.37. The van der Waals surface area contributed by atoms with Gasteiger partial charge in [-0.2, -0.15) is 0 Å². The molecule has 0 spiro atoms. The molecule has 0 aliphatic carbocycles. The number of imide groups is 1. The summed E-state index contributed by atoms with van der Waals surface area (Å²) in [6.07, 6.45) is 0.531. The van der Waals surface area contributed by atoms with Crippen molar-refractivity contribution in [2.24, 2.45) is 0 Å². The van der Waals surface area contributed by atoms with Crippen molar-refractivity contribution in [3.8, 4) is 5.75 Å². The number of ether oxygens (including phenoxy) is 1. The summed E-state index contributed by atoms with van der Waals surface area (Å²) in [6, 6.07) is 13.2. The molecule has 4 amide bonds. The van der Waals surface area contributed by atoms with Gasteiger partial charge >= 0.3 is 0 Å². The lowest BCUT2D eigenvalue weighted by atomic mass is 10.1. The zero-order valence-corrected chi connectivity index (χ0v) is 16.5. The molecule has 4 rings (SSSR count). The Balaban J connectivity index is 1.47. The standard InChI is InChI=1S/C22H21N3O5/c1-30-18-8-3-2-7-17(18)24-13-15(12-21(24)28)23-22(29)14-5-4-6-16(11-14)25-19(26)9-10-20(25)27/h2-8,11,15H,9-10,12-13H2,1H3,(H,23,29)/t15-/m1/s1. The van der Waals surface area contributed by atoms with E-state index in [1.54, 1.807) is 42.3 Å². The summed E-state index contributed by atoms with van der Waals surface area (Å²) in [7, 11) is 1.54. The topological polar surface area (TPSA) is 96.0 Å². The minimum absolute atomic E-state index is 0.105. The van der Waals surface area contributed by atoms with Gasteiger partial charge in [-0.3, -0.25) is 24.1 Å². The Kier molecular flexibility index (Phi) is 5.22. The van der Waals surface area contributed by atoms with Crippen molar-refractivity contribution in [2.75, 3.05) is 23.5 Å². The first kappa shape index (κ1) is 19.6. The molecular weight excluding hydrogens is 386 g/mol. The van der Waals surface area contributed by atoms with Crippen LogP contribution in [0.3, 0.4) is 0 Å². The largest absolute Gasteiger partial charge is 0.495 e. The highest BCUT2D eigenvalue weighted by atomic mass is 16.5. The SMILES string of the molecule is COc1ccccc1N1C[C@H](NC(=O)c2cccc(N3C(=O)CCC3=O)c2)CC1=O. The van der Waals surface area contributed by atoms with Gasteiger partial charge in [0.25, 0.3) is 5.91 Å². The van der Waals surface area contributed by atoms with E-state index >= 15 is 0 Å². The fourth-order valence-electron chi connectivity index (χ4n) is 3.81. The van der Waals surface area contributed by atoms with E-state index < -0.39 is 0 Å². The summed E-state index contributed by atoms with van der Waals surface area (Å²) in [4.78, 5) is 51.9. The molecule has 2 aliphatic rings. The molecule has 8 heteroatoms. The molecule has 154 valence electrons. The molecule has 2 fully saturated rings. The van der Waals surface area contributed by atoms with Crippen molar-refractivity contribution >= 4 is 35.0 Å². The molecule has 8 nitrogen and oxygen atoms in total. The smallest absolute Gasteiger partial charge is 0.251 e.